The highest BCUT2D eigenvalue weighted by Gasteiger charge is 2.23. The summed E-state index contributed by atoms with van der Waals surface area (Å²) in [7, 11) is 0. The molecule has 0 aliphatic carbocycles. The predicted octanol–water partition coefficient (Wildman–Crippen LogP) is 1.06. The second-order valence-corrected chi connectivity index (χ2v) is 7.97. The van der Waals surface area contributed by atoms with Crippen LogP contribution in [0.25, 0.3) is 0 Å². The van der Waals surface area contributed by atoms with Crippen molar-refractivity contribution in [2.24, 2.45) is 0 Å². The molecule has 1 atom stereocenters. The van der Waals surface area contributed by atoms with E-state index in [1.54, 1.807) is 21.6 Å². The molecule has 0 radical (unpaired) electrons. The summed E-state index contributed by atoms with van der Waals surface area (Å²) in [5.41, 5.74) is 3.94. The molecule has 1 amide bonds. The third-order valence-corrected chi connectivity index (χ3v) is 6.00. The molecule has 1 unspecified atom stereocenters. The van der Waals surface area contributed by atoms with Crippen molar-refractivity contribution in [1.82, 2.24) is 25.0 Å². The molecule has 1 fully saturated rings. The maximum absolute atomic E-state index is 12.4. The Labute approximate surface area is 167 Å². The molecule has 9 heteroatoms. The topological polar surface area (TPSA) is 89.4 Å². The van der Waals surface area contributed by atoms with Crippen LogP contribution in [-0.4, -0.2) is 57.9 Å². The van der Waals surface area contributed by atoms with Gasteiger partial charge in [0.05, 0.1) is 31.0 Å². The number of nitrogens with one attached hydrogen (secondary N) is 1. The van der Waals surface area contributed by atoms with Gasteiger partial charge in [-0.25, -0.2) is 9.67 Å². The van der Waals surface area contributed by atoms with Crippen molar-refractivity contribution in [2.75, 3.05) is 26.2 Å². The number of aromatic nitrogens is 3. The summed E-state index contributed by atoms with van der Waals surface area (Å²) in [5.74, 6) is -0.124. The van der Waals surface area contributed by atoms with Gasteiger partial charge in [-0.3, -0.25) is 14.5 Å². The van der Waals surface area contributed by atoms with Gasteiger partial charge in [-0.15, -0.1) is 11.3 Å². The first kappa shape index (κ1) is 19.2. The van der Waals surface area contributed by atoms with Crippen LogP contribution >= 0.6 is 11.3 Å². The van der Waals surface area contributed by atoms with Gasteiger partial charge in [-0.1, -0.05) is 6.42 Å². The average Bonchev–Trinajstić information content (AvgIpc) is 3.26. The van der Waals surface area contributed by atoms with Gasteiger partial charge < -0.3 is 10.1 Å². The van der Waals surface area contributed by atoms with Crippen LogP contribution in [0.5, 0.6) is 0 Å². The molecule has 1 saturated heterocycles. The predicted molar refractivity (Wildman–Crippen MR) is 106 cm³/mol. The fourth-order valence-corrected chi connectivity index (χ4v) is 4.38. The fourth-order valence-electron chi connectivity index (χ4n) is 3.85. The number of rotatable bonds is 6. The number of piperidine rings is 1. The minimum absolute atomic E-state index is 0.0744. The summed E-state index contributed by atoms with van der Waals surface area (Å²) in [6, 6.07) is 1.93. The molecular formula is C19H25N5O3S. The molecule has 2 aromatic rings. The summed E-state index contributed by atoms with van der Waals surface area (Å²) < 4.78 is 6.97. The van der Waals surface area contributed by atoms with Crippen molar-refractivity contribution in [2.45, 2.75) is 44.9 Å². The number of hydrogen-bond donors (Lipinski definition) is 1. The first-order valence-corrected chi connectivity index (χ1v) is 10.7. The SMILES string of the molecule is O=C(NCC1CCCCN1CCn1nc2c(cc1=O)COCC2)c1cscn1. The zero-order chi connectivity index (χ0) is 19.3. The van der Waals surface area contributed by atoms with Crippen molar-refractivity contribution in [3.63, 3.8) is 0 Å². The Morgan fingerprint density at radius 2 is 2.29 bits per heavy atom. The van der Waals surface area contributed by atoms with Gasteiger partial charge in [0.25, 0.3) is 11.5 Å². The zero-order valence-corrected chi connectivity index (χ0v) is 16.6. The number of likely N-dealkylation sites (tertiary alicyclic amines) is 1. The van der Waals surface area contributed by atoms with E-state index in [1.807, 2.05) is 0 Å². The lowest BCUT2D eigenvalue weighted by Gasteiger charge is -2.35. The van der Waals surface area contributed by atoms with Crippen molar-refractivity contribution in [1.29, 1.82) is 0 Å². The lowest BCUT2D eigenvalue weighted by molar-refractivity contribution is 0.0903. The lowest BCUT2D eigenvalue weighted by Crippen LogP contribution is -2.48. The molecule has 8 nitrogen and oxygen atoms in total. The van der Waals surface area contributed by atoms with Crippen molar-refractivity contribution >= 4 is 17.2 Å². The van der Waals surface area contributed by atoms with Crippen LogP contribution in [0.4, 0.5) is 0 Å². The number of carbonyl (C=O) groups excluding carboxylic acids is 1. The Morgan fingerprint density at radius 3 is 3.14 bits per heavy atom. The molecule has 150 valence electrons. The van der Waals surface area contributed by atoms with Crippen LogP contribution in [0.15, 0.2) is 21.8 Å². The molecular weight excluding hydrogens is 378 g/mol. The zero-order valence-electron chi connectivity index (χ0n) is 15.8. The van der Waals surface area contributed by atoms with E-state index in [0.29, 0.717) is 32.0 Å². The van der Waals surface area contributed by atoms with E-state index in [-0.39, 0.29) is 17.5 Å². The third kappa shape index (κ3) is 4.48. The van der Waals surface area contributed by atoms with Crippen LogP contribution in [0.2, 0.25) is 0 Å². The second kappa shape index (κ2) is 8.93. The molecule has 28 heavy (non-hydrogen) atoms. The molecule has 0 saturated carbocycles. The Hall–Kier alpha value is -2.10. The molecule has 4 heterocycles. The van der Waals surface area contributed by atoms with Crippen molar-refractivity contribution in [3.05, 3.63) is 44.3 Å². The van der Waals surface area contributed by atoms with Crippen LogP contribution in [-0.2, 0) is 24.3 Å². The lowest BCUT2D eigenvalue weighted by atomic mass is 10.0. The smallest absolute Gasteiger partial charge is 0.270 e. The molecule has 2 aliphatic heterocycles. The molecule has 1 N–H and O–H groups in total. The van der Waals surface area contributed by atoms with Gasteiger partial charge in [0, 0.05) is 42.6 Å². The van der Waals surface area contributed by atoms with Crippen molar-refractivity contribution < 1.29 is 9.53 Å². The van der Waals surface area contributed by atoms with E-state index in [0.717, 1.165) is 50.0 Å². The van der Waals surface area contributed by atoms with Gasteiger partial charge in [0.1, 0.15) is 5.69 Å². The van der Waals surface area contributed by atoms with Gasteiger partial charge >= 0.3 is 0 Å². The van der Waals surface area contributed by atoms with Crippen molar-refractivity contribution in [3.8, 4) is 0 Å². The monoisotopic (exact) mass is 403 g/mol. The van der Waals surface area contributed by atoms with E-state index in [1.165, 1.54) is 11.3 Å². The standard InChI is InChI=1S/C19H25N5O3S/c25-18-9-14-11-27-8-4-16(14)22-24(18)7-6-23-5-2-1-3-15(23)10-20-19(26)17-12-28-13-21-17/h9,12-13,15H,1-8,10-11H2,(H,20,26). The number of fused-ring (bicyclic) bond motifs is 1. The third-order valence-electron chi connectivity index (χ3n) is 5.42. The Bertz CT molecular complexity index is 867. The Morgan fingerprint density at radius 1 is 1.36 bits per heavy atom. The Kier molecular flexibility index (Phi) is 6.13. The number of carbonyl (C=O) groups is 1. The average molecular weight is 404 g/mol. The highest BCUT2D eigenvalue weighted by molar-refractivity contribution is 7.07. The molecule has 4 rings (SSSR count). The molecule has 0 spiro atoms. The van der Waals surface area contributed by atoms with Crippen LogP contribution in [0.1, 0.15) is 41.0 Å². The minimum atomic E-state index is -0.124. The van der Waals surface area contributed by atoms with E-state index in [9.17, 15) is 9.59 Å². The maximum Gasteiger partial charge on any atom is 0.270 e. The van der Waals surface area contributed by atoms with Crippen LogP contribution in [0, 0.1) is 0 Å². The van der Waals surface area contributed by atoms with E-state index in [2.05, 4.69) is 20.3 Å². The van der Waals surface area contributed by atoms with E-state index in [4.69, 9.17) is 4.74 Å². The molecule has 2 aliphatic rings. The Balaban J connectivity index is 1.36. The number of hydrogen-bond acceptors (Lipinski definition) is 7. The summed E-state index contributed by atoms with van der Waals surface area (Å²) in [6.45, 7) is 4.02. The number of amides is 1. The van der Waals surface area contributed by atoms with Gasteiger partial charge in [0.2, 0.25) is 0 Å². The largest absolute Gasteiger partial charge is 0.376 e. The number of ether oxygens (including phenoxy) is 1. The first-order chi connectivity index (χ1) is 13.7. The summed E-state index contributed by atoms with van der Waals surface area (Å²) in [4.78, 5) is 30.9. The van der Waals surface area contributed by atoms with Gasteiger partial charge in [-0.2, -0.15) is 5.10 Å². The van der Waals surface area contributed by atoms with E-state index < -0.39 is 0 Å². The molecule has 0 bridgehead atoms. The highest BCUT2D eigenvalue weighted by Crippen LogP contribution is 2.17. The van der Waals surface area contributed by atoms with Gasteiger partial charge in [-0.05, 0) is 19.4 Å². The second-order valence-electron chi connectivity index (χ2n) is 7.25. The molecule has 2 aromatic heterocycles. The number of nitrogens with zero attached hydrogens (tertiary/aromatic N) is 4. The normalized spacial score (nSPS) is 19.9. The van der Waals surface area contributed by atoms with Gasteiger partial charge in [0.15, 0.2) is 0 Å². The summed E-state index contributed by atoms with van der Waals surface area (Å²) >= 11 is 1.42. The fraction of sp³-hybridized carbons (Fsp3) is 0.579. The summed E-state index contributed by atoms with van der Waals surface area (Å²) in [5, 5.41) is 9.31. The summed E-state index contributed by atoms with van der Waals surface area (Å²) in [6.07, 6.45) is 4.09. The first-order valence-electron chi connectivity index (χ1n) is 9.79. The highest BCUT2D eigenvalue weighted by atomic mass is 32.1. The van der Waals surface area contributed by atoms with Crippen LogP contribution < -0.4 is 10.9 Å². The van der Waals surface area contributed by atoms with Crippen LogP contribution in [0.3, 0.4) is 0 Å². The number of thiazole rings is 1. The quantitative estimate of drug-likeness (QED) is 0.776. The maximum atomic E-state index is 12.4. The van der Waals surface area contributed by atoms with E-state index >= 15 is 0 Å². The molecule has 0 aromatic carbocycles. The minimum Gasteiger partial charge on any atom is -0.376 e.